The van der Waals surface area contributed by atoms with Gasteiger partial charge in [-0.3, -0.25) is 0 Å². The van der Waals surface area contributed by atoms with Crippen molar-refractivity contribution in [3.05, 3.63) is 23.9 Å². The highest BCUT2D eigenvalue weighted by Gasteiger charge is 2.14. The van der Waals surface area contributed by atoms with Crippen LogP contribution in [0.15, 0.2) is 18.3 Å². The van der Waals surface area contributed by atoms with Gasteiger partial charge in [0.25, 0.3) is 0 Å². The van der Waals surface area contributed by atoms with E-state index in [0.29, 0.717) is 6.04 Å². The third-order valence-corrected chi connectivity index (χ3v) is 3.62. The zero-order valence-corrected chi connectivity index (χ0v) is 9.31. The van der Waals surface area contributed by atoms with Gasteiger partial charge in [-0.2, -0.15) is 11.8 Å². The number of anilines is 1. The fourth-order valence-corrected chi connectivity index (χ4v) is 2.78. The third-order valence-electron chi connectivity index (χ3n) is 2.57. The van der Waals surface area contributed by atoms with Crippen LogP contribution in [-0.2, 0) is 0 Å². The van der Waals surface area contributed by atoms with Gasteiger partial charge < -0.3 is 5.32 Å². The summed E-state index contributed by atoms with van der Waals surface area (Å²) in [7, 11) is 0. The Morgan fingerprint density at radius 1 is 1.43 bits per heavy atom. The van der Waals surface area contributed by atoms with E-state index in [4.69, 9.17) is 0 Å². The third kappa shape index (κ3) is 2.41. The molecule has 3 heteroatoms. The van der Waals surface area contributed by atoms with E-state index in [0.717, 1.165) is 5.82 Å². The minimum Gasteiger partial charge on any atom is -0.367 e. The van der Waals surface area contributed by atoms with Crippen LogP contribution in [0, 0.1) is 6.92 Å². The zero-order valence-electron chi connectivity index (χ0n) is 8.49. The molecule has 0 amide bonds. The van der Waals surface area contributed by atoms with Crippen molar-refractivity contribution in [1.82, 2.24) is 4.98 Å². The average Bonchev–Trinajstić information content (AvgIpc) is 2.23. The second-order valence-electron chi connectivity index (χ2n) is 3.70. The lowest BCUT2D eigenvalue weighted by Gasteiger charge is -2.23. The minimum absolute atomic E-state index is 0.629. The van der Waals surface area contributed by atoms with Crippen molar-refractivity contribution in [3.63, 3.8) is 0 Å². The van der Waals surface area contributed by atoms with Crippen molar-refractivity contribution < 1.29 is 0 Å². The Bertz CT molecular complexity index is 295. The lowest BCUT2D eigenvalue weighted by molar-refractivity contribution is 0.663. The number of rotatable bonds is 2. The smallest absolute Gasteiger partial charge is 0.129 e. The summed E-state index contributed by atoms with van der Waals surface area (Å²) in [5.41, 5.74) is 1.24. The first-order valence-corrected chi connectivity index (χ1v) is 6.27. The molecular formula is C11H16N2S. The van der Waals surface area contributed by atoms with Crippen LogP contribution >= 0.6 is 11.8 Å². The Labute approximate surface area is 89.5 Å². The quantitative estimate of drug-likeness (QED) is 0.809. The molecule has 0 aromatic carbocycles. The zero-order chi connectivity index (χ0) is 9.80. The lowest BCUT2D eigenvalue weighted by atomic mass is 10.1. The summed E-state index contributed by atoms with van der Waals surface area (Å²) in [6.07, 6.45) is 4.38. The topological polar surface area (TPSA) is 24.9 Å². The van der Waals surface area contributed by atoms with E-state index in [9.17, 15) is 0 Å². The first-order chi connectivity index (χ1) is 6.86. The van der Waals surface area contributed by atoms with Crippen LogP contribution in [0.2, 0.25) is 0 Å². The molecule has 0 unspecified atom stereocenters. The van der Waals surface area contributed by atoms with Crippen molar-refractivity contribution in [2.24, 2.45) is 0 Å². The molecule has 1 aliphatic rings. The Morgan fingerprint density at radius 2 is 2.21 bits per heavy atom. The van der Waals surface area contributed by atoms with Crippen LogP contribution in [0.5, 0.6) is 0 Å². The summed E-state index contributed by atoms with van der Waals surface area (Å²) in [6.45, 7) is 2.10. The van der Waals surface area contributed by atoms with Crippen LogP contribution in [0.1, 0.15) is 18.4 Å². The first-order valence-electron chi connectivity index (χ1n) is 5.12. The Kier molecular flexibility index (Phi) is 3.30. The summed E-state index contributed by atoms with van der Waals surface area (Å²) in [6, 6.07) is 4.72. The van der Waals surface area contributed by atoms with Gasteiger partial charge in [0.15, 0.2) is 0 Å². The van der Waals surface area contributed by atoms with Crippen LogP contribution in [-0.4, -0.2) is 22.5 Å². The molecule has 0 radical (unpaired) electrons. The standard InChI is InChI=1S/C11H16N2S/c1-9-3-2-6-12-11(9)13-10-4-7-14-8-5-10/h2-3,6,10H,4-5,7-8H2,1H3,(H,12,13). The van der Waals surface area contributed by atoms with Crippen LogP contribution in [0.25, 0.3) is 0 Å². The first kappa shape index (κ1) is 9.84. The monoisotopic (exact) mass is 208 g/mol. The van der Waals surface area contributed by atoms with Gasteiger partial charge in [-0.05, 0) is 42.9 Å². The van der Waals surface area contributed by atoms with Crippen molar-refractivity contribution in [2.75, 3.05) is 16.8 Å². The maximum absolute atomic E-state index is 4.35. The molecule has 0 bridgehead atoms. The Balaban J connectivity index is 1.99. The molecule has 0 spiro atoms. The summed E-state index contributed by atoms with van der Waals surface area (Å²) >= 11 is 2.05. The van der Waals surface area contributed by atoms with Gasteiger partial charge in [-0.25, -0.2) is 4.98 Å². The Hall–Kier alpha value is -0.700. The number of hydrogen-bond donors (Lipinski definition) is 1. The highest BCUT2D eigenvalue weighted by molar-refractivity contribution is 7.99. The lowest BCUT2D eigenvalue weighted by Crippen LogP contribution is -2.25. The number of nitrogens with one attached hydrogen (secondary N) is 1. The number of thioether (sulfide) groups is 1. The van der Waals surface area contributed by atoms with Crippen molar-refractivity contribution >= 4 is 17.6 Å². The predicted molar refractivity (Wildman–Crippen MR) is 62.9 cm³/mol. The maximum atomic E-state index is 4.35. The van der Waals surface area contributed by atoms with Crippen molar-refractivity contribution in [1.29, 1.82) is 0 Å². The van der Waals surface area contributed by atoms with E-state index in [-0.39, 0.29) is 0 Å². The second-order valence-corrected chi connectivity index (χ2v) is 4.92. The number of aromatic nitrogens is 1. The number of nitrogens with zero attached hydrogens (tertiary/aromatic N) is 1. The molecule has 14 heavy (non-hydrogen) atoms. The van der Waals surface area contributed by atoms with Gasteiger partial charge in [0.1, 0.15) is 5.82 Å². The fourth-order valence-electron chi connectivity index (χ4n) is 1.67. The molecule has 1 aromatic rings. The summed E-state index contributed by atoms with van der Waals surface area (Å²) < 4.78 is 0. The van der Waals surface area contributed by atoms with E-state index >= 15 is 0 Å². The molecule has 2 nitrogen and oxygen atoms in total. The van der Waals surface area contributed by atoms with Gasteiger partial charge in [0.2, 0.25) is 0 Å². The molecule has 0 saturated carbocycles. The highest BCUT2D eigenvalue weighted by atomic mass is 32.2. The van der Waals surface area contributed by atoms with Gasteiger partial charge in [-0.15, -0.1) is 0 Å². The molecule has 2 heterocycles. The molecular weight excluding hydrogens is 192 g/mol. The Morgan fingerprint density at radius 3 is 2.93 bits per heavy atom. The van der Waals surface area contributed by atoms with Gasteiger partial charge in [0, 0.05) is 12.2 Å². The van der Waals surface area contributed by atoms with Crippen molar-refractivity contribution in [2.45, 2.75) is 25.8 Å². The normalized spacial score (nSPS) is 18.1. The molecule has 1 fully saturated rings. The maximum Gasteiger partial charge on any atom is 0.129 e. The van der Waals surface area contributed by atoms with E-state index in [1.54, 1.807) is 0 Å². The number of aryl methyl sites for hydroxylation is 1. The second kappa shape index (κ2) is 4.69. The predicted octanol–water partition coefficient (Wildman–Crippen LogP) is 2.70. The summed E-state index contributed by atoms with van der Waals surface area (Å²) in [4.78, 5) is 4.35. The highest BCUT2D eigenvalue weighted by Crippen LogP contribution is 2.21. The van der Waals surface area contributed by atoms with Crippen LogP contribution < -0.4 is 5.32 Å². The molecule has 0 atom stereocenters. The largest absolute Gasteiger partial charge is 0.367 e. The molecule has 1 aliphatic heterocycles. The van der Waals surface area contributed by atoms with E-state index in [1.807, 2.05) is 12.3 Å². The number of hydrogen-bond acceptors (Lipinski definition) is 3. The minimum atomic E-state index is 0.629. The van der Waals surface area contributed by atoms with E-state index < -0.39 is 0 Å². The molecule has 1 saturated heterocycles. The summed E-state index contributed by atoms with van der Waals surface area (Å²) in [5.74, 6) is 3.62. The SMILES string of the molecule is Cc1cccnc1NC1CCSCC1. The van der Waals surface area contributed by atoms with Gasteiger partial charge >= 0.3 is 0 Å². The average molecular weight is 208 g/mol. The summed E-state index contributed by atoms with van der Waals surface area (Å²) in [5, 5.41) is 3.52. The molecule has 0 aliphatic carbocycles. The van der Waals surface area contributed by atoms with Crippen molar-refractivity contribution in [3.8, 4) is 0 Å². The molecule has 1 N–H and O–H groups in total. The molecule has 1 aromatic heterocycles. The fraction of sp³-hybridized carbons (Fsp3) is 0.545. The van der Waals surface area contributed by atoms with E-state index in [1.165, 1.54) is 29.9 Å². The van der Waals surface area contributed by atoms with Gasteiger partial charge in [0.05, 0.1) is 0 Å². The molecule has 76 valence electrons. The van der Waals surface area contributed by atoms with E-state index in [2.05, 4.69) is 35.1 Å². The van der Waals surface area contributed by atoms with Crippen LogP contribution in [0.3, 0.4) is 0 Å². The number of pyridine rings is 1. The van der Waals surface area contributed by atoms with Crippen LogP contribution in [0.4, 0.5) is 5.82 Å². The molecule has 2 rings (SSSR count). The van der Waals surface area contributed by atoms with Gasteiger partial charge in [-0.1, -0.05) is 6.07 Å².